The maximum absolute atomic E-state index is 13.4. The van der Waals surface area contributed by atoms with E-state index in [9.17, 15) is 9.59 Å². The second kappa shape index (κ2) is 8.78. The van der Waals surface area contributed by atoms with Crippen LogP contribution in [0.25, 0.3) is 0 Å². The van der Waals surface area contributed by atoms with Crippen LogP contribution in [-0.2, 0) is 22.7 Å². The number of anilines is 1. The summed E-state index contributed by atoms with van der Waals surface area (Å²) in [6, 6.07) is 19.1. The largest absolute Gasteiger partial charge is 0.482 e. The van der Waals surface area contributed by atoms with Crippen molar-refractivity contribution in [1.29, 1.82) is 0 Å². The molecule has 6 nitrogen and oxygen atoms in total. The number of aromatic nitrogens is 1. The predicted octanol–water partition coefficient (Wildman–Crippen LogP) is 3.34. The van der Waals surface area contributed by atoms with Crippen LogP contribution in [0.1, 0.15) is 16.7 Å². The molecule has 4 rings (SSSR count). The molecule has 1 aliphatic rings. The number of rotatable bonds is 6. The third-order valence-corrected chi connectivity index (χ3v) is 5.17. The van der Waals surface area contributed by atoms with Gasteiger partial charge in [-0.3, -0.25) is 19.5 Å². The summed E-state index contributed by atoms with van der Waals surface area (Å²) in [5.41, 5.74) is 3.75. The Balaban J connectivity index is 1.59. The summed E-state index contributed by atoms with van der Waals surface area (Å²) in [6.07, 6.45) is 3.47. The van der Waals surface area contributed by atoms with Gasteiger partial charge in [-0.05, 0) is 41.8 Å². The molecule has 0 atom stereocenters. The predicted molar refractivity (Wildman–Crippen MR) is 114 cm³/mol. The van der Waals surface area contributed by atoms with Gasteiger partial charge in [0, 0.05) is 25.5 Å². The number of nitrogens with zero attached hydrogens (tertiary/aromatic N) is 3. The molecule has 0 bridgehead atoms. The van der Waals surface area contributed by atoms with Gasteiger partial charge in [-0.2, -0.15) is 0 Å². The number of pyridine rings is 1. The van der Waals surface area contributed by atoms with E-state index in [1.165, 1.54) is 4.90 Å². The number of hydrogen-bond donors (Lipinski definition) is 0. The van der Waals surface area contributed by atoms with Gasteiger partial charge in [0.25, 0.3) is 5.91 Å². The van der Waals surface area contributed by atoms with Gasteiger partial charge in [0.1, 0.15) is 12.3 Å². The fourth-order valence-electron chi connectivity index (χ4n) is 3.50. The first-order chi connectivity index (χ1) is 14.6. The average Bonchev–Trinajstić information content (AvgIpc) is 2.77. The lowest BCUT2D eigenvalue weighted by atomic mass is 10.1. The monoisotopic (exact) mass is 401 g/mol. The highest BCUT2D eigenvalue weighted by Gasteiger charge is 2.29. The highest BCUT2D eigenvalue weighted by molar-refractivity contribution is 6.02. The Morgan fingerprint density at radius 2 is 1.87 bits per heavy atom. The molecule has 1 aliphatic heterocycles. The first-order valence-corrected chi connectivity index (χ1v) is 9.85. The van der Waals surface area contributed by atoms with E-state index in [4.69, 9.17) is 4.74 Å². The number of fused-ring (bicyclic) bond motifs is 1. The number of benzene rings is 2. The molecular formula is C24H23N3O3. The number of aryl methyl sites for hydroxylation is 1. The van der Waals surface area contributed by atoms with Gasteiger partial charge in [-0.15, -0.1) is 0 Å². The second-order valence-electron chi connectivity index (χ2n) is 7.27. The zero-order valence-corrected chi connectivity index (χ0v) is 16.8. The maximum Gasteiger partial charge on any atom is 0.265 e. The summed E-state index contributed by atoms with van der Waals surface area (Å²) in [4.78, 5) is 33.3. The molecule has 0 saturated heterocycles. The van der Waals surface area contributed by atoms with Crippen molar-refractivity contribution >= 4 is 17.5 Å². The molecule has 2 amide bonds. The van der Waals surface area contributed by atoms with Gasteiger partial charge in [-0.1, -0.05) is 42.5 Å². The zero-order valence-electron chi connectivity index (χ0n) is 16.8. The molecule has 2 heterocycles. The molecule has 0 saturated carbocycles. The van der Waals surface area contributed by atoms with Gasteiger partial charge in [-0.25, -0.2) is 0 Å². The maximum atomic E-state index is 13.4. The Kier molecular flexibility index (Phi) is 5.75. The SMILES string of the molecule is Cc1ccccc1CN(Cc1cccnc1)C(=O)CN1C(=O)COc2ccccc21. The minimum atomic E-state index is -0.223. The second-order valence-corrected chi connectivity index (χ2v) is 7.27. The standard InChI is InChI=1S/C24H23N3O3/c1-18-7-2-3-9-20(18)15-26(14-19-8-6-12-25-13-19)23(28)16-27-21-10-4-5-11-22(21)30-17-24(27)29/h2-13H,14-17H2,1H3. The first-order valence-electron chi connectivity index (χ1n) is 9.85. The lowest BCUT2D eigenvalue weighted by Gasteiger charge is -2.31. The van der Waals surface area contributed by atoms with Crippen LogP contribution in [0.2, 0.25) is 0 Å². The molecule has 30 heavy (non-hydrogen) atoms. The van der Waals surface area contributed by atoms with Crippen molar-refractivity contribution in [2.24, 2.45) is 0 Å². The lowest BCUT2D eigenvalue weighted by Crippen LogP contribution is -2.46. The van der Waals surface area contributed by atoms with Crippen LogP contribution in [0.3, 0.4) is 0 Å². The van der Waals surface area contributed by atoms with Crippen molar-refractivity contribution in [3.8, 4) is 5.75 Å². The third-order valence-electron chi connectivity index (χ3n) is 5.17. The van der Waals surface area contributed by atoms with Crippen molar-refractivity contribution in [3.05, 3.63) is 89.7 Å². The molecule has 0 aliphatic carbocycles. The number of amides is 2. The van der Waals surface area contributed by atoms with E-state index in [2.05, 4.69) is 4.98 Å². The summed E-state index contributed by atoms with van der Waals surface area (Å²) in [7, 11) is 0. The quantitative estimate of drug-likeness (QED) is 0.636. The molecular weight excluding hydrogens is 378 g/mol. The lowest BCUT2D eigenvalue weighted by molar-refractivity contribution is -0.133. The normalized spacial score (nSPS) is 12.8. The van der Waals surface area contributed by atoms with Crippen molar-refractivity contribution < 1.29 is 14.3 Å². The van der Waals surface area contributed by atoms with Crippen molar-refractivity contribution in [1.82, 2.24) is 9.88 Å². The van der Waals surface area contributed by atoms with E-state index in [0.717, 1.165) is 16.7 Å². The van der Waals surface area contributed by atoms with E-state index in [1.807, 2.05) is 55.5 Å². The number of carbonyl (C=O) groups is 2. The smallest absolute Gasteiger partial charge is 0.265 e. The minimum absolute atomic E-state index is 0.0364. The van der Waals surface area contributed by atoms with Gasteiger partial charge in [0.15, 0.2) is 6.61 Å². The molecule has 0 N–H and O–H groups in total. The minimum Gasteiger partial charge on any atom is -0.482 e. The summed E-state index contributed by atoms with van der Waals surface area (Å²) < 4.78 is 5.49. The van der Waals surface area contributed by atoms with Gasteiger partial charge < -0.3 is 9.64 Å². The van der Waals surface area contributed by atoms with Crippen molar-refractivity contribution in [3.63, 3.8) is 0 Å². The summed E-state index contributed by atoms with van der Waals surface area (Å²) in [5.74, 6) is 0.258. The van der Waals surface area contributed by atoms with Crippen LogP contribution in [0.15, 0.2) is 73.1 Å². The Morgan fingerprint density at radius 3 is 2.67 bits per heavy atom. The van der Waals surface area contributed by atoms with Crippen LogP contribution >= 0.6 is 0 Å². The van der Waals surface area contributed by atoms with Crippen LogP contribution in [0.5, 0.6) is 5.75 Å². The topological polar surface area (TPSA) is 62.7 Å². The number of carbonyl (C=O) groups excluding carboxylic acids is 2. The summed E-state index contributed by atoms with van der Waals surface area (Å²) >= 11 is 0. The highest BCUT2D eigenvalue weighted by Crippen LogP contribution is 2.31. The van der Waals surface area contributed by atoms with E-state index in [-0.39, 0.29) is 25.0 Å². The average molecular weight is 401 g/mol. The molecule has 152 valence electrons. The van der Waals surface area contributed by atoms with Crippen LogP contribution in [0.4, 0.5) is 5.69 Å². The van der Waals surface area contributed by atoms with E-state index < -0.39 is 0 Å². The first kappa shape index (κ1) is 19.6. The number of ether oxygens (including phenoxy) is 1. The van der Waals surface area contributed by atoms with E-state index in [1.54, 1.807) is 29.4 Å². The molecule has 0 radical (unpaired) electrons. The van der Waals surface area contributed by atoms with Gasteiger partial charge in [0.2, 0.25) is 5.91 Å². The highest BCUT2D eigenvalue weighted by atomic mass is 16.5. The van der Waals surface area contributed by atoms with E-state index in [0.29, 0.717) is 24.5 Å². The number of para-hydroxylation sites is 2. The van der Waals surface area contributed by atoms with Gasteiger partial charge in [0.05, 0.1) is 5.69 Å². The van der Waals surface area contributed by atoms with Gasteiger partial charge >= 0.3 is 0 Å². The molecule has 0 spiro atoms. The molecule has 2 aromatic carbocycles. The zero-order chi connectivity index (χ0) is 20.9. The molecule has 0 fully saturated rings. The Labute approximate surface area is 175 Å². The molecule has 0 unspecified atom stereocenters. The molecule has 6 heteroatoms. The molecule has 1 aromatic heterocycles. The summed E-state index contributed by atoms with van der Waals surface area (Å²) in [6.45, 7) is 2.81. The Morgan fingerprint density at radius 1 is 1.07 bits per heavy atom. The molecule has 3 aromatic rings. The van der Waals surface area contributed by atoms with Crippen LogP contribution < -0.4 is 9.64 Å². The fourth-order valence-corrected chi connectivity index (χ4v) is 3.50. The van der Waals surface area contributed by atoms with Crippen LogP contribution in [-0.4, -0.2) is 34.8 Å². The van der Waals surface area contributed by atoms with Crippen molar-refractivity contribution in [2.75, 3.05) is 18.1 Å². The summed E-state index contributed by atoms with van der Waals surface area (Å²) in [5, 5.41) is 0. The Bertz CT molecular complexity index is 1050. The van der Waals surface area contributed by atoms with E-state index >= 15 is 0 Å². The van der Waals surface area contributed by atoms with Crippen molar-refractivity contribution in [2.45, 2.75) is 20.0 Å². The number of hydrogen-bond acceptors (Lipinski definition) is 4. The Hall–Kier alpha value is -3.67. The van der Waals surface area contributed by atoms with Crippen LogP contribution in [0, 0.1) is 6.92 Å². The third kappa shape index (κ3) is 4.33. The fraction of sp³-hybridized carbons (Fsp3) is 0.208.